The third-order valence-corrected chi connectivity index (χ3v) is 3.19. The topological polar surface area (TPSA) is 37.3 Å². The van der Waals surface area contributed by atoms with Crippen LogP contribution in [0, 0.1) is 3.57 Å². The Hall–Kier alpha value is -1.62. The second kappa shape index (κ2) is 5.82. The van der Waals surface area contributed by atoms with Crippen LogP contribution < -0.4 is 0 Å². The Labute approximate surface area is 119 Å². The highest BCUT2D eigenvalue weighted by atomic mass is 127. The second-order valence-corrected chi connectivity index (χ2v) is 5.01. The van der Waals surface area contributed by atoms with Gasteiger partial charge in [-0.05, 0) is 58.5 Å². The summed E-state index contributed by atoms with van der Waals surface area (Å²) in [7, 11) is 0. The predicted octanol–water partition coefficient (Wildman–Crippen LogP) is 3.89. The van der Waals surface area contributed by atoms with Crippen LogP contribution >= 0.6 is 22.6 Å². The normalized spacial score (nSPS) is 10.7. The van der Waals surface area contributed by atoms with Gasteiger partial charge in [0.05, 0.1) is 5.56 Å². The van der Waals surface area contributed by atoms with E-state index in [1.165, 1.54) is 12.1 Å². The Bertz CT molecular complexity index is 586. The molecule has 0 aromatic heterocycles. The molecule has 2 rings (SSSR count). The highest BCUT2D eigenvalue weighted by molar-refractivity contribution is 14.1. The summed E-state index contributed by atoms with van der Waals surface area (Å²) in [6, 6.07) is 14.4. The van der Waals surface area contributed by atoms with E-state index in [9.17, 15) is 9.90 Å². The van der Waals surface area contributed by atoms with Gasteiger partial charge in [-0.3, -0.25) is 4.79 Å². The number of benzene rings is 2. The molecule has 18 heavy (non-hydrogen) atoms. The van der Waals surface area contributed by atoms with Crippen LogP contribution in [0.3, 0.4) is 0 Å². The highest BCUT2D eigenvalue weighted by Crippen LogP contribution is 2.17. The smallest absolute Gasteiger partial charge is 0.189 e. The number of para-hydroxylation sites is 1. The van der Waals surface area contributed by atoms with Crippen LogP contribution in [-0.2, 0) is 0 Å². The number of phenols is 1. The van der Waals surface area contributed by atoms with E-state index in [0.717, 1.165) is 9.13 Å². The summed E-state index contributed by atoms with van der Waals surface area (Å²) in [5.74, 6) is -0.193. The van der Waals surface area contributed by atoms with Gasteiger partial charge in [0.2, 0.25) is 0 Å². The first-order valence-corrected chi connectivity index (χ1v) is 6.50. The van der Waals surface area contributed by atoms with E-state index in [1.54, 1.807) is 24.3 Å². The molecular weight excluding hydrogens is 339 g/mol. The molecule has 0 saturated heterocycles. The minimum absolute atomic E-state index is 0.00904. The number of phenolic OH excluding ortho intramolecular Hbond substituents is 1. The zero-order valence-corrected chi connectivity index (χ0v) is 11.7. The molecule has 2 nitrogen and oxygen atoms in total. The third-order valence-electron chi connectivity index (χ3n) is 2.47. The largest absolute Gasteiger partial charge is 0.507 e. The van der Waals surface area contributed by atoms with Crippen LogP contribution in [0.5, 0.6) is 5.75 Å². The number of hydrogen-bond donors (Lipinski definition) is 1. The number of carbonyl (C=O) groups is 1. The summed E-state index contributed by atoms with van der Waals surface area (Å²) in [5, 5.41) is 9.56. The number of ketones is 1. The fourth-order valence-electron chi connectivity index (χ4n) is 1.52. The maximum Gasteiger partial charge on any atom is 0.189 e. The van der Waals surface area contributed by atoms with Gasteiger partial charge in [0, 0.05) is 3.57 Å². The zero-order valence-electron chi connectivity index (χ0n) is 9.51. The Morgan fingerprint density at radius 3 is 2.39 bits per heavy atom. The third kappa shape index (κ3) is 3.20. The van der Waals surface area contributed by atoms with Crippen molar-refractivity contribution in [2.24, 2.45) is 0 Å². The molecule has 0 amide bonds. The first kappa shape index (κ1) is 12.8. The quantitative estimate of drug-likeness (QED) is 0.518. The molecule has 0 aliphatic heterocycles. The van der Waals surface area contributed by atoms with Gasteiger partial charge in [0.25, 0.3) is 0 Å². The van der Waals surface area contributed by atoms with Crippen molar-refractivity contribution in [2.75, 3.05) is 0 Å². The lowest BCUT2D eigenvalue weighted by Gasteiger charge is -1.99. The summed E-state index contributed by atoms with van der Waals surface area (Å²) in [5.41, 5.74) is 1.28. The number of carbonyl (C=O) groups excluding carboxylic acids is 1. The van der Waals surface area contributed by atoms with E-state index in [0.29, 0.717) is 5.56 Å². The van der Waals surface area contributed by atoms with Gasteiger partial charge >= 0.3 is 0 Å². The molecule has 0 aliphatic rings. The Kier molecular flexibility index (Phi) is 4.15. The molecule has 0 heterocycles. The van der Waals surface area contributed by atoms with Crippen LogP contribution in [-0.4, -0.2) is 10.9 Å². The molecule has 0 fully saturated rings. The highest BCUT2D eigenvalue weighted by Gasteiger charge is 2.06. The number of halogens is 1. The Morgan fingerprint density at radius 2 is 1.72 bits per heavy atom. The summed E-state index contributed by atoms with van der Waals surface area (Å²) >= 11 is 2.23. The van der Waals surface area contributed by atoms with E-state index in [1.807, 2.05) is 24.3 Å². The lowest BCUT2D eigenvalue weighted by atomic mass is 10.1. The SMILES string of the molecule is O=C(/C=C/c1ccc(I)cc1)c1ccccc1O. The van der Waals surface area contributed by atoms with Crippen LogP contribution in [0.25, 0.3) is 6.08 Å². The minimum atomic E-state index is -0.202. The molecule has 1 N–H and O–H groups in total. The molecule has 0 radical (unpaired) electrons. The minimum Gasteiger partial charge on any atom is -0.507 e. The van der Waals surface area contributed by atoms with Crippen molar-refractivity contribution in [1.29, 1.82) is 0 Å². The average molecular weight is 350 g/mol. The van der Waals surface area contributed by atoms with Gasteiger partial charge in [0.15, 0.2) is 5.78 Å². The maximum absolute atomic E-state index is 11.9. The molecule has 90 valence electrons. The van der Waals surface area contributed by atoms with Gasteiger partial charge in [-0.25, -0.2) is 0 Å². The van der Waals surface area contributed by atoms with Gasteiger partial charge in [-0.2, -0.15) is 0 Å². The monoisotopic (exact) mass is 350 g/mol. The van der Waals surface area contributed by atoms with Crippen molar-refractivity contribution in [2.45, 2.75) is 0 Å². The van der Waals surface area contributed by atoms with E-state index in [4.69, 9.17) is 0 Å². The number of allylic oxidation sites excluding steroid dienone is 1. The fraction of sp³-hybridized carbons (Fsp3) is 0. The summed E-state index contributed by atoms with van der Waals surface area (Å²) in [4.78, 5) is 11.9. The van der Waals surface area contributed by atoms with Crippen molar-refractivity contribution >= 4 is 34.5 Å². The standard InChI is InChI=1S/C15H11IO2/c16-12-8-5-11(6-9-12)7-10-15(18)13-3-1-2-4-14(13)17/h1-10,17H/b10-7+. The molecule has 0 aliphatic carbocycles. The van der Waals surface area contributed by atoms with Crippen LogP contribution in [0.4, 0.5) is 0 Å². The molecule has 0 atom stereocenters. The second-order valence-electron chi connectivity index (χ2n) is 3.77. The molecule has 0 bridgehead atoms. The Morgan fingerprint density at radius 1 is 1.06 bits per heavy atom. The van der Waals surface area contributed by atoms with E-state index >= 15 is 0 Å². The number of aromatic hydroxyl groups is 1. The van der Waals surface area contributed by atoms with Gasteiger partial charge in [0.1, 0.15) is 5.75 Å². The average Bonchev–Trinajstić information content (AvgIpc) is 2.38. The summed E-state index contributed by atoms with van der Waals surface area (Å²) < 4.78 is 1.15. The maximum atomic E-state index is 11.9. The van der Waals surface area contributed by atoms with E-state index < -0.39 is 0 Å². The molecular formula is C15H11IO2. The van der Waals surface area contributed by atoms with Crippen LogP contribution in [0.15, 0.2) is 54.6 Å². The fourth-order valence-corrected chi connectivity index (χ4v) is 1.88. The van der Waals surface area contributed by atoms with Gasteiger partial charge in [-0.1, -0.05) is 30.3 Å². The lowest BCUT2D eigenvalue weighted by Crippen LogP contribution is -1.94. The first-order chi connectivity index (χ1) is 8.66. The Balaban J connectivity index is 2.17. The summed E-state index contributed by atoms with van der Waals surface area (Å²) in [6.07, 6.45) is 3.21. The lowest BCUT2D eigenvalue weighted by molar-refractivity contribution is 0.104. The predicted molar refractivity (Wildman–Crippen MR) is 80.6 cm³/mol. The number of hydrogen-bond acceptors (Lipinski definition) is 2. The van der Waals surface area contributed by atoms with Crippen molar-refractivity contribution in [1.82, 2.24) is 0 Å². The van der Waals surface area contributed by atoms with Crippen molar-refractivity contribution in [3.05, 3.63) is 69.3 Å². The van der Waals surface area contributed by atoms with Crippen LogP contribution in [0.2, 0.25) is 0 Å². The van der Waals surface area contributed by atoms with Crippen molar-refractivity contribution in [3.63, 3.8) is 0 Å². The van der Waals surface area contributed by atoms with Crippen LogP contribution in [0.1, 0.15) is 15.9 Å². The molecule has 2 aromatic carbocycles. The van der Waals surface area contributed by atoms with Crippen molar-refractivity contribution < 1.29 is 9.90 Å². The summed E-state index contributed by atoms with van der Waals surface area (Å²) in [6.45, 7) is 0. The van der Waals surface area contributed by atoms with Gasteiger partial charge in [-0.15, -0.1) is 0 Å². The van der Waals surface area contributed by atoms with E-state index in [2.05, 4.69) is 22.6 Å². The van der Waals surface area contributed by atoms with E-state index in [-0.39, 0.29) is 11.5 Å². The molecule has 0 spiro atoms. The molecule has 0 saturated carbocycles. The molecule has 2 aromatic rings. The van der Waals surface area contributed by atoms with Gasteiger partial charge < -0.3 is 5.11 Å². The molecule has 0 unspecified atom stereocenters. The molecule has 3 heteroatoms. The van der Waals surface area contributed by atoms with Crippen molar-refractivity contribution in [3.8, 4) is 5.75 Å². The first-order valence-electron chi connectivity index (χ1n) is 5.43. The number of rotatable bonds is 3. The zero-order chi connectivity index (χ0) is 13.0.